The van der Waals surface area contributed by atoms with Gasteiger partial charge in [-0.25, -0.2) is 14.8 Å². The fourth-order valence-electron chi connectivity index (χ4n) is 4.31. The minimum atomic E-state index is -0.474. The number of hydrogen-bond donors (Lipinski definition) is 2. The van der Waals surface area contributed by atoms with Gasteiger partial charge in [-0.05, 0) is 48.7 Å². The Bertz CT molecular complexity index is 1340. The summed E-state index contributed by atoms with van der Waals surface area (Å²) in [4.78, 5) is 14.5. The van der Waals surface area contributed by atoms with Crippen LogP contribution in [0.2, 0.25) is 5.02 Å². The Morgan fingerprint density at radius 3 is 2.81 bits per heavy atom. The van der Waals surface area contributed by atoms with E-state index < -0.39 is 5.82 Å². The molecule has 8 nitrogen and oxygen atoms in total. The molecule has 3 aromatic rings. The van der Waals surface area contributed by atoms with Gasteiger partial charge in [0.25, 0.3) is 0 Å². The van der Waals surface area contributed by atoms with Crippen LogP contribution in [0.15, 0.2) is 72.1 Å². The number of pyridine rings is 1. The lowest BCUT2D eigenvalue weighted by Gasteiger charge is -2.32. The summed E-state index contributed by atoms with van der Waals surface area (Å²) in [7, 11) is 0. The van der Waals surface area contributed by atoms with Crippen LogP contribution in [-0.2, 0) is 4.74 Å². The molecular weight excluding hydrogens is 493 g/mol. The first-order chi connectivity index (χ1) is 18.0. The Hall–Kier alpha value is -3.82. The third kappa shape index (κ3) is 6.31. The summed E-state index contributed by atoms with van der Waals surface area (Å²) < 4.78 is 19.5. The average Bonchev–Trinajstić information content (AvgIpc) is 2.91. The number of hydrogen-bond acceptors (Lipinski definition) is 8. The van der Waals surface area contributed by atoms with E-state index >= 15 is 0 Å². The van der Waals surface area contributed by atoms with Crippen LogP contribution in [0.25, 0.3) is 5.57 Å². The highest BCUT2D eigenvalue weighted by Gasteiger charge is 2.25. The Labute approximate surface area is 220 Å². The highest BCUT2D eigenvalue weighted by Crippen LogP contribution is 2.33. The van der Waals surface area contributed by atoms with Gasteiger partial charge in [-0.2, -0.15) is 10.1 Å². The van der Waals surface area contributed by atoms with Crippen LogP contribution in [0.5, 0.6) is 0 Å². The zero-order valence-electron chi connectivity index (χ0n) is 20.4. The molecule has 0 spiro atoms. The fraction of sp³-hybridized carbons (Fsp3) is 0.259. The van der Waals surface area contributed by atoms with E-state index in [0.29, 0.717) is 32.0 Å². The van der Waals surface area contributed by atoms with Crippen molar-refractivity contribution in [3.05, 3.63) is 89.1 Å². The lowest BCUT2D eigenvalue weighted by atomic mass is 9.85. The zero-order chi connectivity index (χ0) is 25.7. The number of benzene rings is 1. The molecule has 1 aliphatic carbocycles. The van der Waals surface area contributed by atoms with E-state index in [2.05, 4.69) is 62.0 Å². The number of nitrogens with one attached hydrogen (secondary N) is 2. The molecular formula is C27H27ClFN7O. The number of morpholine rings is 1. The Balaban J connectivity index is 1.19. The second-order valence-electron chi connectivity index (χ2n) is 9.09. The van der Waals surface area contributed by atoms with E-state index in [9.17, 15) is 4.39 Å². The smallest absolute Gasteiger partial charge is 0.245 e. The molecule has 0 bridgehead atoms. The summed E-state index contributed by atoms with van der Waals surface area (Å²) >= 11 is 6.18. The van der Waals surface area contributed by atoms with Crippen molar-refractivity contribution in [2.75, 3.05) is 41.9 Å². The maximum absolute atomic E-state index is 14.2. The summed E-state index contributed by atoms with van der Waals surface area (Å²) in [6.07, 6.45) is 11.6. The molecule has 37 heavy (non-hydrogen) atoms. The highest BCUT2D eigenvalue weighted by atomic mass is 35.5. The van der Waals surface area contributed by atoms with Crippen LogP contribution >= 0.6 is 11.6 Å². The van der Waals surface area contributed by atoms with Crippen molar-refractivity contribution in [2.24, 2.45) is 5.10 Å². The number of anilines is 3. The summed E-state index contributed by atoms with van der Waals surface area (Å²) in [6, 6.07) is 11.7. The normalized spacial score (nSPS) is 19.6. The molecule has 2 N–H and O–H groups in total. The molecule has 2 aromatic heterocycles. The topological polar surface area (TPSA) is 87.6 Å². The number of allylic oxidation sites excluding steroid dienone is 2. The third-order valence-electron chi connectivity index (χ3n) is 6.13. The number of aromatic nitrogens is 3. The van der Waals surface area contributed by atoms with Gasteiger partial charge in [0, 0.05) is 18.1 Å². The van der Waals surface area contributed by atoms with Crippen LogP contribution in [0.3, 0.4) is 0 Å². The first kappa shape index (κ1) is 24.9. The summed E-state index contributed by atoms with van der Waals surface area (Å²) in [5.41, 5.74) is 6.34. The molecule has 1 fully saturated rings. The van der Waals surface area contributed by atoms with Gasteiger partial charge in [0.05, 0.1) is 48.7 Å². The number of ether oxygens (including phenoxy) is 1. The van der Waals surface area contributed by atoms with Gasteiger partial charge in [-0.15, -0.1) is 0 Å². The predicted octanol–water partition coefficient (Wildman–Crippen LogP) is 5.16. The molecule has 0 amide bonds. The lowest BCUT2D eigenvalue weighted by molar-refractivity contribution is 0.122. The zero-order valence-corrected chi connectivity index (χ0v) is 21.1. The van der Waals surface area contributed by atoms with Gasteiger partial charge in [-0.3, -0.25) is 4.98 Å². The fourth-order valence-corrected chi connectivity index (χ4v) is 4.50. The molecule has 1 aromatic carbocycles. The van der Waals surface area contributed by atoms with E-state index in [1.165, 1.54) is 5.57 Å². The number of rotatable bonds is 7. The SMILES string of the molecule is CC1(Nc2ccc(/C=N/Nc3ncc(F)c(N4CCOCC4)n3)nc2)C=CC=C(c2cccc(Cl)c2)C1. The molecule has 2 aliphatic rings. The van der Waals surface area contributed by atoms with Crippen LogP contribution in [-0.4, -0.2) is 53.0 Å². The van der Waals surface area contributed by atoms with Crippen molar-refractivity contribution in [1.29, 1.82) is 0 Å². The van der Waals surface area contributed by atoms with Crippen LogP contribution in [0, 0.1) is 5.82 Å². The Morgan fingerprint density at radius 2 is 2.03 bits per heavy atom. The molecule has 0 radical (unpaired) electrons. The van der Waals surface area contributed by atoms with E-state index in [1.807, 2.05) is 35.2 Å². The second-order valence-corrected chi connectivity index (χ2v) is 9.52. The molecule has 3 heterocycles. The summed E-state index contributed by atoms with van der Waals surface area (Å²) in [5, 5.41) is 8.45. The number of halogens is 2. The Kier molecular flexibility index (Phi) is 7.43. The Morgan fingerprint density at radius 1 is 1.16 bits per heavy atom. The quantitative estimate of drug-likeness (QED) is 0.329. The van der Waals surface area contributed by atoms with Gasteiger partial charge >= 0.3 is 0 Å². The minimum absolute atomic E-state index is 0.206. The average molecular weight is 520 g/mol. The van der Waals surface area contributed by atoms with Gasteiger partial charge < -0.3 is 15.0 Å². The molecule has 1 atom stereocenters. The van der Waals surface area contributed by atoms with Gasteiger partial charge in [0.15, 0.2) is 11.6 Å². The van der Waals surface area contributed by atoms with E-state index in [4.69, 9.17) is 16.3 Å². The minimum Gasteiger partial charge on any atom is -0.378 e. The predicted molar refractivity (Wildman–Crippen MR) is 146 cm³/mol. The maximum Gasteiger partial charge on any atom is 0.245 e. The molecule has 1 saturated heterocycles. The van der Waals surface area contributed by atoms with Crippen LogP contribution in [0.4, 0.5) is 21.8 Å². The molecule has 0 saturated carbocycles. The third-order valence-corrected chi connectivity index (χ3v) is 6.36. The van der Waals surface area contributed by atoms with Crippen molar-refractivity contribution in [3.63, 3.8) is 0 Å². The standard InChI is InChI=1S/C27H27ClFN7O/c1-27(9-3-5-20(15-27)19-4-2-6-21(28)14-19)34-23-8-7-22(30-16-23)17-32-35-26-31-18-24(29)25(33-26)36-10-12-37-13-11-36/h2-9,14,16-18,34H,10-13,15H2,1H3,(H,31,33,35)/b32-17+. The van der Waals surface area contributed by atoms with E-state index in [-0.39, 0.29) is 17.3 Å². The number of nitrogens with zero attached hydrogens (tertiary/aromatic N) is 5. The summed E-state index contributed by atoms with van der Waals surface area (Å²) in [5.74, 6) is -0.0287. The van der Waals surface area contributed by atoms with Crippen molar-refractivity contribution in [1.82, 2.24) is 15.0 Å². The maximum atomic E-state index is 14.2. The van der Waals surface area contributed by atoms with Crippen molar-refractivity contribution in [3.8, 4) is 0 Å². The van der Waals surface area contributed by atoms with Gasteiger partial charge in [0.1, 0.15) is 0 Å². The second kappa shape index (κ2) is 11.1. The molecule has 1 unspecified atom stereocenters. The highest BCUT2D eigenvalue weighted by molar-refractivity contribution is 6.30. The van der Waals surface area contributed by atoms with E-state index in [0.717, 1.165) is 28.9 Å². The van der Waals surface area contributed by atoms with Crippen molar-refractivity contribution >= 4 is 40.8 Å². The van der Waals surface area contributed by atoms with Gasteiger partial charge in [-0.1, -0.05) is 42.0 Å². The number of hydrazone groups is 1. The summed E-state index contributed by atoms with van der Waals surface area (Å²) in [6.45, 7) is 4.38. The van der Waals surface area contributed by atoms with Crippen LogP contribution in [0.1, 0.15) is 24.6 Å². The van der Waals surface area contributed by atoms with Gasteiger partial charge in [0.2, 0.25) is 5.95 Å². The molecule has 5 rings (SSSR count). The van der Waals surface area contributed by atoms with Crippen LogP contribution < -0.4 is 15.6 Å². The molecule has 190 valence electrons. The molecule has 10 heteroatoms. The van der Waals surface area contributed by atoms with Crippen molar-refractivity contribution < 1.29 is 9.13 Å². The largest absolute Gasteiger partial charge is 0.378 e. The lowest BCUT2D eigenvalue weighted by Crippen LogP contribution is -2.37. The van der Waals surface area contributed by atoms with Crippen molar-refractivity contribution in [2.45, 2.75) is 18.9 Å². The first-order valence-corrected chi connectivity index (χ1v) is 12.4. The molecule has 1 aliphatic heterocycles. The monoisotopic (exact) mass is 519 g/mol. The van der Waals surface area contributed by atoms with E-state index in [1.54, 1.807) is 12.4 Å². The first-order valence-electron chi connectivity index (χ1n) is 12.0.